The standard InChI is InChI=1S/C14H17N3/c15-9-12-4-3-5-13(8-12)10-16-11-14-6-1-2-7-17-14/h1-8,16H,9-11,15H2. The van der Waals surface area contributed by atoms with Crippen molar-refractivity contribution in [2.24, 2.45) is 5.73 Å². The van der Waals surface area contributed by atoms with Gasteiger partial charge in [-0.2, -0.15) is 0 Å². The number of aromatic nitrogens is 1. The summed E-state index contributed by atoms with van der Waals surface area (Å²) in [6, 6.07) is 14.3. The van der Waals surface area contributed by atoms with E-state index < -0.39 is 0 Å². The van der Waals surface area contributed by atoms with Gasteiger partial charge in [0.25, 0.3) is 0 Å². The first kappa shape index (κ1) is 11.8. The molecule has 88 valence electrons. The molecule has 0 bridgehead atoms. The van der Waals surface area contributed by atoms with Crippen LogP contribution in [0.2, 0.25) is 0 Å². The Hall–Kier alpha value is -1.71. The first-order valence-corrected chi connectivity index (χ1v) is 5.77. The summed E-state index contributed by atoms with van der Waals surface area (Å²) in [6.07, 6.45) is 1.81. The summed E-state index contributed by atoms with van der Waals surface area (Å²) < 4.78 is 0. The lowest BCUT2D eigenvalue weighted by atomic mass is 10.1. The molecular weight excluding hydrogens is 210 g/mol. The van der Waals surface area contributed by atoms with Crippen molar-refractivity contribution in [3.8, 4) is 0 Å². The van der Waals surface area contributed by atoms with E-state index in [1.54, 1.807) is 0 Å². The van der Waals surface area contributed by atoms with Crippen LogP contribution in [-0.2, 0) is 19.6 Å². The van der Waals surface area contributed by atoms with Crippen LogP contribution in [0.15, 0.2) is 48.7 Å². The van der Waals surface area contributed by atoms with Crippen molar-refractivity contribution in [3.05, 3.63) is 65.5 Å². The van der Waals surface area contributed by atoms with Gasteiger partial charge in [-0.3, -0.25) is 4.98 Å². The zero-order chi connectivity index (χ0) is 11.9. The van der Waals surface area contributed by atoms with Crippen LogP contribution in [0, 0.1) is 0 Å². The molecule has 3 heteroatoms. The molecule has 1 aromatic heterocycles. The van der Waals surface area contributed by atoms with Crippen LogP contribution in [0.4, 0.5) is 0 Å². The Balaban J connectivity index is 1.86. The Labute approximate surface area is 102 Å². The van der Waals surface area contributed by atoms with Crippen molar-refractivity contribution < 1.29 is 0 Å². The van der Waals surface area contributed by atoms with Gasteiger partial charge >= 0.3 is 0 Å². The van der Waals surface area contributed by atoms with Crippen LogP contribution in [0.25, 0.3) is 0 Å². The van der Waals surface area contributed by atoms with Crippen LogP contribution >= 0.6 is 0 Å². The molecule has 3 nitrogen and oxygen atoms in total. The van der Waals surface area contributed by atoms with Crippen molar-refractivity contribution in [1.82, 2.24) is 10.3 Å². The van der Waals surface area contributed by atoms with E-state index in [1.807, 2.05) is 36.5 Å². The van der Waals surface area contributed by atoms with Gasteiger partial charge in [0.05, 0.1) is 5.69 Å². The molecule has 0 saturated carbocycles. The van der Waals surface area contributed by atoms with Crippen molar-refractivity contribution in [3.63, 3.8) is 0 Å². The maximum absolute atomic E-state index is 5.61. The highest BCUT2D eigenvalue weighted by Gasteiger charge is 1.96. The highest BCUT2D eigenvalue weighted by Crippen LogP contribution is 2.04. The lowest BCUT2D eigenvalue weighted by Gasteiger charge is -2.06. The summed E-state index contributed by atoms with van der Waals surface area (Å²) in [6.45, 7) is 2.21. The minimum Gasteiger partial charge on any atom is -0.326 e. The number of nitrogens with zero attached hydrogens (tertiary/aromatic N) is 1. The minimum absolute atomic E-state index is 0.591. The van der Waals surface area contributed by atoms with E-state index in [4.69, 9.17) is 5.73 Å². The zero-order valence-electron chi connectivity index (χ0n) is 9.76. The molecular formula is C14H17N3. The molecule has 3 N–H and O–H groups in total. The van der Waals surface area contributed by atoms with E-state index in [0.29, 0.717) is 6.54 Å². The topological polar surface area (TPSA) is 50.9 Å². The molecule has 0 aliphatic heterocycles. The number of rotatable bonds is 5. The second-order valence-corrected chi connectivity index (χ2v) is 3.95. The molecule has 17 heavy (non-hydrogen) atoms. The molecule has 0 radical (unpaired) electrons. The number of pyridine rings is 1. The van der Waals surface area contributed by atoms with E-state index >= 15 is 0 Å². The molecule has 0 atom stereocenters. The molecule has 2 rings (SSSR count). The predicted molar refractivity (Wildman–Crippen MR) is 69.1 cm³/mol. The maximum atomic E-state index is 5.61. The van der Waals surface area contributed by atoms with Gasteiger partial charge in [0.2, 0.25) is 0 Å². The monoisotopic (exact) mass is 227 g/mol. The van der Waals surface area contributed by atoms with E-state index in [-0.39, 0.29) is 0 Å². The minimum atomic E-state index is 0.591. The first-order valence-electron chi connectivity index (χ1n) is 5.77. The Morgan fingerprint density at radius 3 is 2.65 bits per heavy atom. The van der Waals surface area contributed by atoms with Gasteiger partial charge in [0, 0.05) is 25.8 Å². The summed E-state index contributed by atoms with van der Waals surface area (Å²) in [5, 5.41) is 3.37. The number of benzene rings is 1. The summed E-state index contributed by atoms with van der Waals surface area (Å²) in [5.41, 5.74) is 9.09. The molecule has 0 aliphatic rings. The van der Waals surface area contributed by atoms with Crippen molar-refractivity contribution in [1.29, 1.82) is 0 Å². The third-order valence-corrected chi connectivity index (χ3v) is 2.59. The SMILES string of the molecule is NCc1cccc(CNCc2ccccn2)c1. The maximum Gasteiger partial charge on any atom is 0.0541 e. The fourth-order valence-corrected chi connectivity index (χ4v) is 1.70. The van der Waals surface area contributed by atoms with Crippen molar-refractivity contribution >= 4 is 0 Å². The largest absolute Gasteiger partial charge is 0.326 e. The molecule has 0 aliphatic carbocycles. The number of nitrogens with one attached hydrogen (secondary N) is 1. The number of nitrogens with two attached hydrogens (primary N) is 1. The average molecular weight is 227 g/mol. The van der Waals surface area contributed by atoms with E-state index in [9.17, 15) is 0 Å². The molecule has 0 saturated heterocycles. The van der Waals surface area contributed by atoms with Crippen LogP contribution in [0.3, 0.4) is 0 Å². The lowest BCUT2D eigenvalue weighted by Crippen LogP contribution is -2.13. The molecule has 0 unspecified atom stereocenters. The Bertz CT molecular complexity index is 454. The summed E-state index contributed by atoms with van der Waals surface area (Å²) in [4.78, 5) is 4.26. The van der Waals surface area contributed by atoms with Gasteiger partial charge in [-0.1, -0.05) is 30.3 Å². The fraction of sp³-hybridized carbons (Fsp3) is 0.214. The molecule has 0 fully saturated rings. The van der Waals surface area contributed by atoms with Gasteiger partial charge in [0.15, 0.2) is 0 Å². The zero-order valence-corrected chi connectivity index (χ0v) is 9.76. The third kappa shape index (κ3) is 3.66. The van der Waals surface area contributed by atoms with Gasteiger partial charge in [-0.25, -0.2) is 0 Å². The van der Waals surface area contributed by atoms with Gasteiger partial charge in [-0.15, -0.1) is 0 Å². The highest BCUT2D eigenvalue weighted by atomic mass is 14.9. The number of hydrogen-bond donors (Lipinski definition) is 2. The lowest BCUT2D eigenvalue weighted by molar-refractivity contribution is 0.679. The second kappa shape index (κ2) is 6.13. The average Bonchev–Trinajstić information content (AvgIpc) is 2.40. The Morgan fingerprint density at radius 2 is 1.88 bits per heavy atom. The summed E-state index contributed by atoms with van der Waals surface area (Å²) in [7, 11) is 0. The van der Waals surface area contributed by atoms with Crippen LogP contribution in [0.5, 0.6) is 0 Å². The quantitative estimate of drug-likeness (QED) is 0.819. The first-order chi connectivity index (χ1) is 8.38. The molecule has 0 spiro atoms. The molecule has 2 aromatic rings. The van der Waals surface area contributed by atoms with Gasteiger partial charge in [0.1, 0.15) is 0 Å². The second-order valence-electron chi connectivity index (χ2n) is 3.95. The van der Waals surface area contributed by atoms with E-state index in [0.717, 1.165) is 18.8 Å². The van der Waals surface area contributed by atoms with E-state index in [1.165, 1.54) is 11.1 Å². The fourth-order valence-electron chi connectivity index (χ4n) is 1.70. The molecule has 0 amide bonds. The van der Waals surface area contributed by atoms with Crippen LogP contribution < -0.4 is 11.1 Å². The molecule has 1 aromatic carbocycles. The summed E-state index contributed by atoms with van der Waals surface area (Å²) in [5.74, 6) is 0. The molecule has 1 heterocycles. The smallest absolute Gasteiger partial charge is 0.0541 e. The van der Waals surface area contributed by atoms with Gasteiger partial charge in [-0.05, 0) is 23.3 Å². The summed E-state index contributed by atoms with van der Waals surface area (Å²) >= 11 is 0. The third-order valence-electron chi connectivity index (χ3n) is 2.59. The highest BCUT2D eigenvalue weighted by molar-refractivity contribution is 5.23. The number of hydrogen-bond acceptors (Lipinski definition) is 3. The van der Waals surface area contributed by atoms with Crippen LogP contribution in [-0.4, -0.2) is 4.98 Å². The van der Waals surface area contributed by atoms with Gasteiger partial charge < -0.3 is 11.1 Å². The van der Waals surface area contributed by atoms with E-state index in [2.05, 4.69) is 22.4 Å². The normalized spacial score (nSPS) is 10.4. The Kier molecular flexibility index (Phi) is 4.24. The van der Waals surface area contributed by atoms with Crippen LogP contribution in [0.1, 0.15) is 16.8 Å². The Morgan fingerprint density at radius 1 is 1.00 bits per heavy atom. The van der Waals surface area contributed by atoms with Crippen molar-refractivity contribution in [2.75, 3.05) is 0 Å². The van der Waals surface area contributed by atoms with Crippen molar-refractivity contribution in [2.45, 2.75) is 19.6 Å². The predicted octanol–water partition coefficient (Wildman–Crippen LogP) is 1.83.